The number of aromatic nitrogens is 2. The summed E-state index contributed by atoms with van der Waals surface area (Å²) < 4.78 is 2.42. The molecule has 1 aliphatic heterocycles. The van der Waals surface area contributed by atoms with E-state index < -0.39 is 0 Å². The van der Waals surface area contributed by atoms with Crippen molar-refractivity contribution in [2.75, 3.05) is 5.75 Å². The van der Waals surface area contributed by atoms with E-state index in [1.807, 2.05) is 24.7 Å². The van der Waals surface area contributed by atoms with Gasteiger partial charge in [-0.1, -0.05) is 43.5 Å². The van der Waals surface area contributed by atoms with Crippen LogP contribution in [0.3, 0.4) is 0 Å². The van der Waals surface area contributed by atoms with Crippen molar-refractivity contribution in [3.8, 4) is 0 Å². The minimum absolute atomic E-state index is 0.186. The Morgan fingerprint density at radius 2 is 2.17 bits per heavy atom. The quantitative estimate of drug-likeness (QED) is 0.595. The normalized spacial score (nSPS) is 24.2. The molecule has 0 aliphatic carbocycles. The number of halogens is 1. The average Bonchev–Trinajstić information content (AvgIpc) is 3.08. The Bertz CT molecular complexity index is 615. The third kappa shape index (κ3) is 4.96. The fraction of sp³-hybridized carbons (Fsp3) is 0.526. The number of imidazole rings is 1. The number of hydrogen-bond donors (Lipinski definition) is 0. The molecule has 0 saturated carbocycles. The van der Waals surface area contributed by atoms with Crippen molar-refractivity contribution in [3.63, 3.8) is 0 Å². The van der Waals surface area contributed by atoms with Crippen LogP contribution in [0.4, 0.5) is 0 Å². The summed E-state index contributed by atoms with van der Waals surface area (Å²) >= 11 is 10.4. The van der Waals surface area contributed by atoms with Crippen LogP contribution in [-0.2, 0) is 13.0 Å². The Labute approximate surface area is 158 Å². The fourth-order valence-corrected chi connectivity index (χ4v) is 7.30. The lowest BCUT2D eigenvalue weighted by molar-refractivity contribution is 0.598. The van der Waals surface area contributed by atoms with Gasteiger partial charge in [0, 0.05) is 29.2 Å². The van der Waals surface area contributed by atoms with Gasteiger partial charge in [-0.05, 0) is 42.7 Å². The molecule has 1 aromatic carbocycles. The lowest BCUT2D eigenvalue weighted by atomic mass is 10.1. The molecule has 1 saturated heterocycles. The molecule has 2 aromatic rings. The molecule has 5 heteroatoms. The van der Waals surface area contributed by atoms with Gasteiger partial charge in [-0.25, -0.2) is 4.98 Å². The summed E-state index contributed by atoms with van der Waals surface area (Å²) in [5.41, 5.74) is 1.37. The first-order valence-corrected chi connectivity index (χ1v) is 11.0. The highest BCUT2D eigenvalue weighted by molar-refractivity contribution is 8.19. The van der Waals surface area contributed by atoms with Gasteiger partial charge in [-0.15, -0.1) is 23.5 Å². The van der Waals surface area contributed by atoms with Gasteiger partial charge in [-0.2, -0.15) is 0 Å². The molecular weight excluding hydrogens is 356 g/mol. The van der Waals surface area contributed by atoms with Gasteiger partial charge >= 0.3 is 0 Å². The summed E-state index contributed by atoms with van der Waals surface area (Å²) in [5.74, 6) is 1.25. The highest BCUT2D eigenvalue weighted by Crippen LogP contribution is 2.50. The second kappa shape index (κ2) is 8.68. The molecule has 0 spiro atoms. The van der Waals surface area contributed by atoms with Crippen LogP contribution in [0.25, 0.3) is 0 Å². The van der Waals surface area contributed by atoms with Gasteiger partial charge in [0.05, 0.1) is 10.4 Å². The number of rotatable bonds is 7. The molecule has 0 amide bonds. The molecular formula is C19H25ClN2S2. The molecule has 3 rings (SSSR count). The average molecular weight is 381 g/mol. The Kier molecular flexibility index (Phi) is 6.59. The molecule has 0 N–H and O–H groups in total. The van der Waals surface area contributed by atoms with E-state index in [2.05, 4.69) is 58.3 Å². The lowest BCUT2D eigenvalue weighted by Gasteiger charge is -2.40. The molecule has 2 heterocycles. The molecule has 0 bridgehead atoms. The summed E-state index contributed by atoms with van der Waals surface area (Å²) in [7, 11) is 0. The molecule has 130 valence electrons. The van der Waals surface area contributed by atoms with Gasteiger partial charge in [0.25, 0.3) is 0 Å². The summed E-state index contributed by atoms with van der Waals surface area (Å²) in [6, 6.07) is 8.37. The zero-order valence-electron chi connectivity index (χ0n) is 14.2. The van der Waals surface area contributed by atoms with Crippen LogP contribution in [0.2, 0.25) is 5.02 Å². The smallest absolute Gasteiger partial charge is 0.0946 e. The van der Waals surface area contributed by atoms with Crippen molar-refractivity contribution in [2.24, 2.45) is 0 Å². The van der Waals surface area contributed by atoms with Crippen LogP contribution < -0.4 is 0 Å². The maximum atomic E-state index is 6.06. The van der Waals surface area contributed by atoms with Crippen LogP contribution in [0.5, 0.6) is 0 Å². The maximum Gasteiger partial charge on any atom is 0.0946 e. The number of benzene rings is 1. The summed E-state index contributed by atoms with van der Waals surface area (Å²) in [6.45, 7) is 3.29. The van der Waals surface area contributed by atoms with E-state index in [1.54, 1.807) is 0 Å². The highest BCUT2D eigenvalue weighted by Gasteiger charge is 2.38. The van der Waals surface area contributed by atoms with E-state index in [0.29, 0.717) is 0 Å². The third-order valence-electron chi connectivity index (χ3n) is 4.44. The van der Waals surface area contributed by atoms with Crippen LogP contribution in [-0.4, -0.2) is 24.6 Å². The third-order valence-corrected chi connectivity index (χ3v) is 8.08. The Morgan fingerprint density at radius 3 is 2.88 bits per heavy atom. The van der Waals surface area contributed by atoms with Gasteiger partial charge in [0.2, 0.25) is 0 Å². The first kappa shape index (κ1) is 18.2. The minimum atomic E-state index is 0.186. The maximum absolute atomic E-state index is 6.06. The molecule has 1 fully saturated rings. The summed E-state index contributed by atoms with van der Waals surface area (Å²) in [4.78, 5) is 4.23. The number of thioether (sulfide) groups is 2. The molecule has 24 heavy (non-hydrogen) atoms. The van der Waals surface area contributed by atoms with Crippen LogP contribution in [0, 0.1) is 0 Å². The first-order chi connectivity index (χ1) is 11.7. The number of nitrogens with zero attached hydrogens (tertiary/aromatic N) is 2. The number of unbranched alkanes of at least 4 members (excludes halogenated alkanes) is 1. The molecule has 2 nitrogen and oxygen atoms in total. The van der Waals surface area contributed by atoms with Crippen molar-refractivity contribution in [1.29, 1.82) is 0 Å². The topological polar surface area (TPSA) is 17.8 Å². The predicted octanol–water partition coefficient (Wildman–Crippen LogP) is 5.90. The van der Waals surface area contributed by atoms with Gasteiger partial charge < -0.3 is 4.57 Å². The standard InChI is InChI=1S/C19H25ClN2S2/c1-2-3-4-18-9-12-23-19(24-18,14-22-11-10-21-15-22)13-16-5-7-17(20)8-6-16/h5-8,10-11,15,18H,2-4,9,12-14H2,1H3. The molecule has 0 radical (unpaired) electrons. The highest BCUT2D eigenvalue weighted by atomic mass is 35.5. The minimum Gasteiger partial charge on any atom is -0.335 e. The monoisotopic (exact) mass is 380 g/mol. The van der Waals surface area contributed by atoms with E-state index in [9.17, 15) is 0 Å². The van der Waals surface area contributed by atoms with E-state index in [1.165, 1.54) is 37.0 Å². The predicted molar refractivity (Wildman–Crippen MR) is 108 cm³/mol. The number of hydrogen-bond acceptors (Lipinski definition) is 3. The zero-order valence-corrected chi connectivity index (χ0v) is 16.5. The van der Waals surface area contributed by atoms with Crippen molar-refractivity contribution in [1.82, 2.24) is 9.55 Å². The van der Waals surface area contributed by atoms with E-state index in [0.717, 1.165) is 23.2 Å². The molecule has 2 atom stereocenters. The van der Waals surface area contributed by atoms with E-state index >= 15 is 0 Å². The van der Waals surface area contributed by atoms with E-state index in [-0.39, 0.29) is 4.08 Å². The van der Waals surface area contributed by atoms with Gasteiger partial charge in [0.15, 0.2) is 0 Å². The fourth-order valence-electron chi connectivity index (χ4n) is 3.21. The van der Waals surface area contributed by atoms with Crippen molar-refractivity contribution >= 4 is 35.1 Å². The summed E-state index contributed by atoms with van der Waals surface area (Å²) in [5, 5.41) is 1.59. The summed E-state index contributed by atoms with van der Waals surface area (Å²) in [6.07, 6.45) is 12.3. The van der Waals surface area contributed by atoms with Crippen molar-refractivity contribution in [2.45, 2.75) is 54.9 Å². The van der Waals surface area contributed by atoms with Crippen molar-refractivity contribution in [3.05, 3.63) is 53.6 Å². The van der Waals surface area contributed by atoms with Gasteiger partial charge in [0.1, 0.15) is 0 Å². The lowest BCUT2D eigenvalue weighted by Crippen LogP contribution is -2.36. The van der Waals surface area contributed by atoms with Gasteiger partial charge in [-0.3, -0.25) is 0 Å². The molecule has 2 unspecified atom stereocenters. The Hall–Kier alpha value is -0.580. The molecule has 1 aromatic heterocycles. The van der Waals surface area contributed by atoms with Crippen LogP contribution in [0.1, 0.15) is 38.2 Å². The Morgan fingerprint density at radius 1 is 1.33 bits per heavy atom. The first-order valence-electron chi connectivity index (χ1n) is 8.71. The van der Waals surface area contributed by atoms with Crippen LogP contribution in [0.15, 0.2) is 43.0 Å². The van der Waals surface area contributed by atoms with Crippen molar-refractivity contribution < 1.29 is 0 Å². The zero-order chi connectivity index (χ0) is 16.8. The Balaban J connectivity index is 1.78. The second-order valence-corrected chi connectivity index (χ2v) is 10.3. The van der Waals surface area contributed by atoms with E-state index in [4.69, 9.17) is 11.6 Å². The SMILES string of the molecule is CCCCC1CCSC(Cc2ccc(Cl)cc2)(Cn2ccnc2)S1. The second-order valence-electron chi connectivity index (χ2n) is 6.47. The van der Waals surface area contributed by atoms with Crippen LogP contribution >= 0.6 is 35.1 Å². The largest absolute Gasteiger partial charge is 0.335 e. The molecule has 1 aliphatic rings.